The number of nitro benzene ring substituents is 2. The average Bonchev–Trinajstić information content (AvgIpc) is 2.99. The minimum absolute atomic E-state index is 0.0424. The quantitative estimate of drug-likeness (QED) is 0.253. The first kappa shape index (κ1) is 27.6. The second kappa shape index (κ2) is 11.3. The van der Waals surface area contributed by atoms with Crippen molar-refractivity contribution in [1.82, 2.24) is 4.90 Å². The molecule has 3 aromatic rings. The van der Waals surface area contributed by atoms with Gasteiger partial charge in [-0.15, -0.1) is 0 Å². The Morgan fingerprint density at radius 2 is 1.29 bits per heavy atom. The topological polar surface area (TPSA) is 150 Å². The number of nitro groups is 2. The van der Waals surface area contributed by atoms with E-state index in [1.807, 2.05) is 30.3 Å². The molecule has 1 aliphatic carbocycles. The summed E-state index contributed by atoms with van der Waals surface area (Å²) >= 11 is 0. The van der Waals surface area contributed by atoms with E-state index in [0.717, 1.165) is 5.56 Å². The first-order valence-electron chi connectivity index (χ1n) is 13.2. The Balaban J connectivity index is 1.41. The van der Waals surface area contributed by atoms with Gasteiger partial charge in [0, 0.05) is 53.9 Å². The van der Waals surface area contributed by atoms with E-state index in [1.54, 1.807) is 41.3 Å². The van der Waals surface area contributed by atoms with Gasteiger partial charge in [-0.3, -0.25) is 29.8 Å². The van der Waals surface area contributed by atoms with Gasteiger partial charge in [-0.25, -0.2) is 0 Å². The molecular formula is C31H28N4O6. The highest BCUT2D eigenvalue weighted by atomic mass is 16.6. The molecule has 10 heteroatoms. The fourth-order valence-electron chi connectivity index (χ4n) is 5.62. The molecule has 1 amide bonds. The molecule has 1 saturated carbocycles. The first-order chi connectivity index (χ1) is 19.7. The zero-order valence-corrected chi connectivity index (χ0v) is 22.1. The summed E-state index contributed by atoms with van der Waals surface area (Å²) in [5, 5.41) is 22.1. The lowest BCUT2D eigenvalue weighted by molar-refractivity contribution is -0.385. The van der Waals surface area contributed by atoms with Crippen LogP contribution in [0, 0.1) is 25.6 Å². The van der Waals surface area contributed by atoms with Crippen LogP contribution in [0.2, 0.25) is 0 Å². The lowest BCUT2D eigenvalue weighted by atomic mass is 9.54. The van der Waals surface area contributed by atoms with Crippen LogP contribution in [0.15, 0.2) is 90.0 Å². The highest BCUT2D eigenvalue weighted by molar-refractivity contribution is 6.23. The maximum atomic E-state index is 13.5. The number of piperidine rings is 1. The van der Waals surface area contributed by atoms with Gasteiger partial charge in [0.2, 0.25) is 5.91 Å². The number of benzene rings is 3. The first-order valence-corrected chi connectivity index (χ1v) is 13.2. The van der Waals surface area contributed by atoms with Gasteiger partial charge in [-0.2, -0.15) is 0 Å². The van der Waals surface area contributed by atoms with Crippen LogP contribution in [0.1, 0.15) is 29.5 Å². The Morgan fingerprint density at radius 1 is 0.829 bits per heavy atom. The lowest BCUT2D eigenvalue weighted by Crippen LogP contribution is -2.55. The van der Waals surface area contributed by atoms with E-state index in [1.165, 1.54) is 24.3 Å². The Kier molecular flexibility index (Phi) is 7.58. The highest BCUT2D eigenvalue weighted by Crippen LogP contribution is 2.56. The van der Waals surface area contributed by atoms with Crippen molar-refractivity contribution >= 4 is 35.2 Å². The summed E-state index contributed by atoms with van der Waals surface area (Å²) in [4.78, 5) is 49.6. The fraction of sp³-hybridized carbons (Fsp3) is 0.226. The number of non-ortho nitro benzene ring substituents is 2. The Morgan fingerprint density at radius 3 is 1.73 bits per heavy atom. The molecule has 1 heterocycles. The third-order valence-electron chi connectivity index (χ3n) is 7.89. The van der Waals surface area contributed by atoms with E-state index < -0.39 is 21.3 Å². The molecule has 0 radical (unpaired) electrons. The SMILES string of the molecule is NC(Cc1ccccc1)C(=O)N1CCC2(CC1)/C(=C\c1ccc([N+](=O)[O-])cc1)C(=O)/C2=C/c1ccc([N+](=O)[O-])cc1. The van der Waals surface area contributed by atoms with E-state index in [0.29, 0.717) is 54.6 Å². The fourth-order valence-corrected chi connectivity index (χ4v) is 5.62. The summed E-state index contributed by atoms with van der Waals surface area (Å²) in [7, 11) is 0. The molecule has 208 valence electrons. The van der Waals surface area contributed by atoms with E-state index in [2.05, 4.69) is 0 Å². The number of allylic oxidation sites excluding steroid dienone is 2. The van der Waals surface area contributed by atoms with E-state index in [-0.39, 0.29) is 23.1 Å². The largest absolute Gasteiger partial charge is 0.341 e. The Labute approximate surface area is 236 Å². The molecule has 5 rings (SSSR count). The number of likely N-dealkylation sites (tertiary alicyclic amines) is 1. The normalized spacial score (nSPS) is 18.8. The minimum Gasteiger partial charge on any atom is -0.341 e. The van der Waals surface area contributed by atoms with Gasteiger partial charge in [0.15, 0.2) is 5.78 Å². The molecule has 2 N–H and O–H groups in total. The summed E-state index contributed by atoms with van der Waals surface area (Å²) in [6.07, 6.45) is 4.95. The number of hydrogen-bond donors (Lipinski definition) is 1. The average molecular weight is 553 g/mol. The van der Waals surface area contributed by atoms with Crippen LogP contribution in [0.4, 0.5) is 11.4 Å². The van der Waals surface area contributed by atoms with Crippen LogP contribution in [-0.2, 0) is 16.0 Å². The molecule has 1 saturated heterocycles. The molecule has 41 heavy (non-hydrogen) atoms. The lowest BCUT2D eigenvalue weighted by Gasteiger charge is -2.51. The van der Waals surface area contributed by atoms with Crippen molar-refractivity contribution in [1.29, 1.82) is 0 Å². The van der Waals surface area contributed by atoms with Crippen LogP contribution in [0.25, 0.3) is 12.2 Å². The second-order valence-electron chi connectivity index (χ2n) is 10.3. The van der Waals surface area contributed by atoms with E-state index in [4.69, 9.17) is 5.73 Å². The number of Topliss-reactive ketones (excluding diaryl/α,β-unsaturated/α-hetero) is 1. The predicted octanol–water partition coefficient (Wildman–Crippen LogP) is 4.73. The van der Waals surface area contributed by atoms with Gasteiger partial charge in [-0.05, 0) is 72.4 Å². The van der Waals surface area contributed by atoms with Crippen molar-refractivity contribution < 1.29 is 19.4 Å². The maximum Gasteiger partial charge on any atom is 0.269 e. The molecular weight excluding hydrogens is 524 g/mol. The third-order valence-corrected chi connectivity index (χ3v) is 7.89. The van der Waals surface area contributed by atoms with Gasteiger partial charge < -0.3 is 10.6 Å². The smallest absolute Gasteiger partial charge is 0.269 e. The van der Waals surface area contributed by atoms with Gasteiger partial charge in [-0.1, -0.05) is 30.3 Å². The number of hydrogen-bond acceptors (Lipinski definition) is 7. The summed E-state index contributed by atoms with van der Waals surface area (Å²) in [5.74, 6) is -0.293. The molecule has 1 spiro atoms. The van der Waals surface area contributed by atoms with Crippen molar-refractivity contribution in [2.45, 2.75) is 25.3 Å². The molecule has 0 bridgehead atoms. The number of rotatable bonds is 7. The standard InChI is InChI=1S/C31H28N4O6/c32-28(20-21-4-2-1-3-5-21)30(37)33-16-14-31(15-17-33)26(18-22-6-10-24(11-7-22)34(38)39)29(36)27(31)19-23-8-12-25(13-9-23)35(40)41/h1-13,18-19,28H,14-17,20,32H2/b26-18-,27-19-. The molecule has 10 nitrogen and oxygen atoms in total. The minimum atomic E-state index is -0.681. The van der Waals surface area contributed by atoms with Gasteiger partial charge in [0.05, 0.1) is 15.9 Å². The van der Waals surface area contributed by atoms with Crippen LogP contribution in [-0.4, -0.2) is 45.6 Å². The van der Waals surface area contributed by atoms with E-state index >= 15 is 0 Å². The monoisotopic (exact) mass is 552 g/mol. The molecule has 1 unspecified atom stereocenters. The van der Waals surface area contributed by atoms with Crippen molar-refractivity contribution in [3.63, 3.8) is 0 Å². The zero-order chi connectivity index (χ0) is 29.1. The molecule has 2 fully saturated rings. The summed E-state index contributed by atoms with van der Waals surface area (Å²) in [6, 6.07) is 20.9. The summed E-state index contributed by atoms with van der Waals surface area (Å²) in [6.45, 7) is 0.813. The summed E-state index contributed by atoms with van der Waals surface area (Å²) in [5.41, 5.74) is 9.04. The number of amides is 1. The Hall–Kier alpha value is -4.96. The van der Waals surface area contributed by atoms with Gasteiger partial charge in [0.1, 0.15) is 0 Å². The maximum absolute atomic E-state index is 13.5. The number of nitrogens with zero attached hydrogens (tertiary/aromatic N) is 3. The summed E-state index contributed by atoms with van der Waals surface area (Å²) < 4.78 is 0. The van der Waals surface area contributed by atoms with Crippen LogP contribution in [0.3, 0.4) is 0 Å². The van der Waals surface area contributed by atoms with Crippen LogP contribution >= 0.6 is 0 Å². The molecule has 1 atom stereocenters. The van der Waals surface area contributed by atoms with Gasteiger partial charge in [0.25, 0.3) is 11.4 Å². The molecule has 2 aliphatic rings. The van der Waals surface area contributed by atoms with E-state index in [9.17, 15) is 29.8 Å². The Bertz CT molecular complexity index is 1470. The number of ketones is 1. The van der Waals surface area contributed by atoms with Crippen molar-refractivity contribution in [2.24, 2.45) is 11.1 Å². The zero-order valence-electron chi connectivity index (χ0n) is 22.1. The predicted molar refractivity (Wildman–Crippen MR) is 154 cm³/mol. The molecule has 3 aromatic carbocycles. The third kappa shape index (κ3) is 5.55. The van der Waals surface area contributed by atoms with Crippen molar-refractivity contribution in [2.75, 3.05) is 13.1 Å². The molecule has 0 aromatic heterocycles. The van der Waals surface area contributed by atoms with Crippen molar-refractivity contribution in [3.05, 3.63) is 127 Å². The number of carbonyl (C=O) groups excluding carboxylic acids is 2. The number of carbonyl (C=O) groups is 2. The van der Waals surface area contributed by atoms with Crippen molar-refractivity contribution in [3.8, 4) is 0 Å². The highest BCUT2D eigenvalue weighted by Gasteiger charge is 2.55. The number of nitrogens with two attached hydrogens (primary N) is 1. The second-order valence-corrected chi connectivity index (χ2v) is 10.3. The molecule has 1 aliphatic heterocycles. The van der Waals surface area contributed by atoms with Crippen LogP contribution < -0.4 is 5.73 Å². The van der Waals surface area contributed by atoms with Gasteiger partial charge >= 0.3 is 0 Å². The van der Waals surface area contributed by atoms with Crippen LogP contribution in [0.5, 0.6) is 0 Å².